The van der Waals surface area contributed by atoms with Crippen molar-refractivity contribution in [3.05, 3.63) is 11.8 Å². The minimum Gasteiger partial charge on any atom is -0.393 e. The highest BCUT2D eigenvalue weighted by Gasteiger charge is 2.37. The van der Waals surface area contributed by atoms with E-state index in [2.05, 4.69) is 15.0 Å². The van der Waals surface area contributed by atoms with Gasteiger partial charge in [0.05, 0.1) is 17.7 Å². The molecule has 0 spiro atoms. The highest BCUT2D eigenvalue weighted by molar-refractivity contribution is 5.86. The van der Waals surface area contributed by atoms with Gasteiger partial charge in [-0.05, 0) is 71.1 Å². The summed E-state index contributed by atoms with van der Waals surface area (Å²) in [5, 5.41) is 14.0. The average Bonchev–Trinajstić information content (AvgIpc) is 3.56. The molecule has 3 fully saturated rings. The first kappa shape index (κ1) is 30.6. The molecule has 1 aromatic heterocycles. The maximum Gasteiger partial charge on any atom is 0.234 e. The largest absolute Gasteiger partial charge is 0.393 e. The van der Waals surface area contributed by atoms with E-state index in [0.29, 0.717) is 18.2 Å². The van der Waals surface area contributed by atoms with Crippen LogP contribution in [0.4, 0.5) is 5.82 Å². The minimum atomic E-state index is -0.413. The lowest BCUT2D eigenvalue weighted by Crippen LogP contribution is -2.42. The number of piperidine rings is 2. The molecule has 3 aliphatic heterocycles. The van der Waals surface area contributed by atoms with Crippen LogP contribution in [0.15, 0.2) is 10.6 Å². The number of carbonyl (C=O) groups excluding carboxylic acids is 2. The van der Waals surface area contributed by atoms with Gasteiger partial charge in [0.15, 0.2) is 11.6 Å². The number of ether oxygens (including phenoxy) is 1. The van der Waals surface area contributed by atoms with Gasteiger partial charge in [-0.15, -0.1) is 0 Å². The van der Waals surface area contributed by atoms with Crippen molar-refractivity contribution in [3.8, 4) is 0 Å². The summed E-state index contributed by atoms with van der Waals surface area (Å²) in [5.41, 5.74) is 0.0417. The fourth-order valence-corrected chi connectivity index (χ4v) is 5.51. The van der Waals surface area contributed by atoms with Crippen LogP contribution in [-0.2, 0) is 14.3 Å². The number of amides is 1. The van der Waals surface area contributed by atoms with Crippen molar-refractivity contribution >= 4 is 18.0 Å². The Morgan fingerprint density at radius 2 is 1.76 bits per heavy atom. The number of likely N-dealkylation sites (tertiary alicyclic amines) is 2. The van der Waals surface area contributed by atoms with Crippen LogP contribution >= 0.6 is 0 Å². The second-order valence-electron chi connectivity index (χ2n) is 12.5. The second kappa shape index (κ2) is 13.9. The molecule has 0 aliphatic carbocycles. The van der Waals surface area contributed by atoms with Crippen LogP contribution in [0.1, 0.15) is 84.8 Å². The number of aromatic nitrogens is 1. The molecule has 1 aromatic rings. The van der Waals surface area contributed by atoms with E-state index in [0.717, 1.165) is 83.4 Å². The number of nitrogens with zero attached hydrogens (tertiary/aromatic N) is 4. The summed E-state index contributed by atoms with van der Waals surface area (Å²) in [7, 11) is 1.71. The van der Waals surface area contributed by atoms with Crippen LogP contribution in [0.3, 0.4) is 0 Å². The fraction of sp³-hybridized carbons (Fsp3) is 0.828. The fourth-order valence-electron chi connectivity index (χ4n) is 5.51. The van der Waals surface area contributed by atoms with E-state index in [1.807, 2.05) is 40.7 Å². The number of hydrogen-bond donors (Lipinski definition) is 1. The average molecular weight is 535 g/mol. The van der Waals surface area contributed by atoms with Gasteiger partial charge in [-0.1, -0.05) is 19.0 Å². The Kier molecular flexibility index (Phi) is 11.2. The third-order valence-corrected chi connectivity index (χ3v) is 8.12. The standard InChI is InChI=1S/C24H38N4O4.C5H12O/c1-17(2)23(24(31)28-9-3-4-19(28)16-29)21-14-22(25-32-21)27-12-5-18(6-13-27)15-26-10-7-20(30)8-11-26;1-5(2,3)6-4/h14,16-20,23,30H,3-13,15H2,1-2H3;1-4H3. The van der Waals surface area contributed by atoms with Gasteiger partial charge >= 0.3 is 0 Å². The summed E-state index contributed by atoms with van der Waals surface area (Å²) < 4.78 is 10.6. The maximum absolute atomic E-state index is 13.2. The van der Waals surface area contributed by atoms with Crippen LogP contribution < -0.4 is 4.90 Å². The first-order chi connectivity index (χ1) is 18.0. The molecular weight excluding hydrogens is 484 g/mol. The molecule has 9 nitrogen and oxygen atoms in total. The van der Waals surface area contributed by atoms with Crippen LogP contribution in [0, 0.1) is 11.8 Å². The van der Waals surface area contributed by atoms with E-state index >= 15 is 0 Å². The Balaban J connectivity index is 0.000000599. The summed E-state index contributed by atoms with van der Waals surface area (Å²) in [6.07, 6.45) is 6.40. The molecule has 216 valence electrons. The lowest BCUT2D eigenvalue weighted by atomic mass is 9.91. The van der Waals surface area contributed by atoms with Crippen molar-refractivity contribution in [2.75, 3.05) is 51.3 Å². The van der Waals surface area contributed by atoms with Crippen molar-refractivity contribution in [1.82, 2.24) is 15.0 Å². The molecule has 2 atom stereocenters. The predicted octanol–water partition coefficient (Wildman–Crippen LogP) is 3.71. The van der Waals surface area contributed by atoms with E-state index in [1.54, 1.807) is 12.0 Å². The zero-order valence-electron chi connectivity index (χ0n) is 24.4. The lowest BCUT2D eigenvalue weighted by molar-refractivity contribution is -0.137. The second-order valence-corrected chi connectivity index (χ2v) is 12.5. The van der Waals surface area contributed by atoms with Crippen LogP contribution in [0.25, 0.3) is 0 Å². The number of aliphatic hydroxyl groups is 1. The Bertz CT molecular complexity index is 867. The summed E-state index contributed by atoms with van der Waals surface area (Å²) in [5.74, 6) is 1.71. The SMILES string of the molecule is CC(C)C(C(=O)N1CCCC1C=O)c1cc(N2CCC(CN3CCC(O)CC3)CC2)no1.COC(C)(C)C. The molecule has 4 rings (SSSR count). The minimum absolute atomic E-state index is 0.0253. The van der Waals surface area contributed by atoms with Crippen molar-refractivity contribution in [2.24, 2.45) is 11.8 Å². The molecular formula is C29H50N4O5. The molecule has 2 unspecified atom stereocenters. The molecule has 38 heavy (non-hydrogen) atoms. The Hall–Kier alpha value is -1.97. The molecule has 9 heteroatoms. The van der Waals surface area contributed by atoms with E-state index in [1.165, 1.54) is 0 Å². The number of anilines is 1. The molecule has 3 saturated heterocycles. The number of rotatable bonds is 7. The van der Waals surface area contributed by atoms with Gasteiger partial charge < -0.3 is 33.9 Å². The highest BCUT2D eigenvalue weighted by atomic mass is 16.5. The third kappa shape index (κ3) is 8.52. The van der Waals surface area contributed by atoms with E-state index in [4.69, 9.17) is 9.26 Å². The number of hydrogen-bond acceptors (Lipinski definition) is 8. The van der Waals surface area contributed by atoms with Gasteiger partial charge in [0, 0.05) is 52.4 Å². The van der Waals surface area contributed by atoms with Crippen molar-refractivity contribution in [3.63, 3.8) is 0 Å². The molecule has 4 heterocycles. The third-order valence-electron chi connectivity index (χ3n) is 8.12. The van der Waals surface area contributed by atoms with E-state index in [-0.39, 0.29) is 29.6 Å². The molecule has 0 bridgehead atoms. The molecule has 0 aromatic carbocycles. The smallest absolute Gasteiger partial charge is 0.234 e. The first-order valence-electron chi connectivity index (χ1n) is 14.4. The summed E-state index contributed by atoms with van der Waals surface area (Å²) in [4.78, 5) is 31.1. The van der Waals surface area contributed by atoms with E-state index < -0.39 is 5.92 Å². The maximum atomic E-state index is 13.2. The van der Waals surface area contributed by atoms with Gasteiger partial charge in [0.2, 0.25) is 5.91 Å². The molecule has 0 radical (unpaired) electrons. The van der Waals surface area contributed by atoms with Gasteiger partial charge in [0.25, 0.3) is 0 Å². The van der Waals surface area contributed by atoms with Crippen molar-refractivity contribution in [2.45, 2.75) is 96.8 Å². The lowest BCUT2D eigenvalue weighted by Gasteiger charge is -2.36. The topological polar surface area (TPSA) is 99.4 Å². The molecule has 3 aliphatic rings. The van der Waals surface area contributed by atoms with Crippen LogP contribution in [0.2, 0.25) is 0 Å². The monoisotopic (exact) mass is 534 g/mol. The summed E-state index contributed by atoms with van der Waals surface area (Å²) >= 11 is 0. The predicted molar refractivity (Wildman–Crippen MR) is 148 cm³/mol. The number of methoxy groups -OCH3 is 1. The van der Waals surface area contributed by atoms with Crippen LogP contribution in [-0.4, -0.2) is 96.4 Å². The normalized spacial score (nSPS) is 22.9. The Labute approximate surface area is 228 Å². The van der Waals surface area contributed by atoms with Crippen molar-refractivity contribution in [1.29, 1.82) is 0 Å². The number of aldehydes is 1. The zero-order valence-corrected chi connectivity index (χ0v) is 24.4. The molecule has 1 amide bonds. The van der Waals surface area contributed by atoms with Gasteiger partial charge in [-0.3, -0.25) is 4.79 Å². The number of aliphatic hydroxyl groups excluding tert-OH is 1. The van der Waals surface area contributed by atoms with Crippen LogP contribution in [0.5, 0.6) is 0 Å². The van der Waals surface area contributed by atoms with Gasteiger partial charge in [-0.2, -0.15) is 0 Å². The number of carbonyl (C=O) groups is 2. The Morgan fingerprint density at radius 1 is 1.13 bits per heavy atom. The van der Waals surface area contributed by atoms with Crippen molar-refractivity contribution < 1.29 is 24.0 Å². The Morgan fingerprint density at radius 3 is 2.32 bits per heavy atom. The van der Waals surface area contributed by atoms with Gasteiger partial charge in [0.1, 0.15) is 12.2 Å². The molecule has 1 N–H and O–H groups in total. The first-order valence-corrected chi connectivity index (χ1v) is 14.4. The molecule has 0 saturated carbocycles. The summed E-state index contributed by atoms with van der Waals surface area (Å²) in [6.45, 7) is 15.7. The van der Waals surface area contributed by atoms with E-state index in [9.17, 15) is 14.7 Å². The van der Waals surface area contributed by atoms with Gasteiger partial charge in [-0.25, -0.2) is 0 Å². The summed E-state index contributed by atoms with van der Waals surface area (Å²) in [6, 6.07) is 1.62. The zero-order chi connectivity index (χ0) is 27.9. The highest BCUT2D eigenvalue weighted by Crippen LogP contribution is 2.33. The quantitative estimate of drug-likeness (QED) is 0.529.